The van der Waals surface area contributed by atoms with E-state index in [1.165, 1.54) is 11.4 Å². The summed E-state index contributed by atoms with van der Waals surface area (Å²) in [5, 5.41) is 3.55. The zero-order valence-corrected chi connectivity index (χ0v) is 10.4. The fourth-order valence-electron chi connectivity index (χ4n) is 2.54. The molecule has 0 radical (unpaired) electrons. The minimum absolute atomic E-state index is 0.249. The van der Waals surface area contributed by atoms with Crippen molar-refractivity contribution >= 4 is 0 Å². The SMILES string of the molecule is CCCC(OC)C1NCCc2ncn(C)c21. The van der Waals surface area contributed by atoms with Crippen LogP contribution in [0, 0.1) is 0 Å². The van der Waals surface area contributed by atoms with Gasteiger partial charge in [-0.2, -0.15) is 0 Å². The molecule has 1 aliphatic heterocycles. The van der Waals surface area contributed by atoms with E-state index in [0.717, 1.165) is 25.8 Å². The molecule has 0 saturated carbocycles. The number of nitrogens with zero attached hydrogens (tertiary/aromatic N) is 2. The average Bonchev–Trinajstić information content (AvgIpc) is 2.68. The number of hydrogen-bond donors (Lipinski definition) is 1. The summed E-state index contributed by atoms with van der Waals surface area (Å²) in [7, 11) is 3.86. The van der Waals surface area contributed by atoms with Crippen molar-refractivity contribution in [2.24, 2.45) is 7.05 Å². The second kappa shape index (κ2) is 4.97. The first-order valence-electron chi connectivity index (χ1n) is 6.04. The standard InChI is InChI=1S/C12H21N3O/c1-4-5-10(16-3)11-12-9(6-7-13-11)14-8-15(12)2/h8,10-11,13H,4-7H2,1-3H3. The summed E-state index contributed by atoms with van der Waals surface area (Å²) in [4.78, 5) is 4.45. The molecule has 0 amide bonds. The fraction of sp³-hybridized carbons (Fsp3) is 0.750. The predicted molar refractivity (Wildman–Crippen MR) is 63.4 cm³/mol. The van der Waals surface area contributed by atoms with Gasteiger partial charge in [-0.3, -0.25) is 0 Å². The number of imidazole rings is 1. The summed E-state index contributed by atoms with van der Waals surface area (Å²) in [6, 6.07) is 0.293. The van der Waals surface area contributed by atoms with Gasteiger partial charge in [0, 0.05) is 27.1 Å². The molecular formula is C12H21N3O. The van der Waals surface area contributed by atoms with Gasteiger partial charge in [-0.15, -0.1) is 0 Å². The van der Waals surface area contributed by atoms with Gasteiger partial charge < -0.3 is 14.6 Å². The van der Waals surface area contributed by atoms with Crippen LogP contribution in [-0.2, 0) is 18.2 Å². The molecule has 1 aromatic heterocycles. The Kier molecular flexibility index (Phi) is 3.61. The lowest BCUT2D eigenvalue weighted by Crippen LogP contribution is -2.39. The largest absolute Gasteiger partial charge is 0.379 e. The van der Waals surface area contributed by atoms with Crippen molar-refractivity contribution in [1.29, 1.82) is 0 Å². The summed E-state index contributed by atoms with van der Waals surface area (Å²) in [6.07, 6.45) is 5.40. The Hall–Kier alpha value is -0.870. The zero-order chi connectivity index (χ0) is 11.5. The third kappa shape index (κ3) is 1.99. The molecule has 16 heavy (non-hydrogen) atoms. The number of aromatic nitrogens is 2. The van der Waals surface area contributed by atoms with E-state index in [0.29, 0.717) is 6.04 Å². The van der Waals surface area contributed by atoms with Crippen LogP contribution < -0.4 is 5.32 Å². The van der Waals surface area contributed by atoms with Gasteiger partial charge in [0.05, 0.1) is 29.9 Å². The molecule has 4 heteroatoms. The van der Waals surface area contributed by atoms with Crippen LogP contribution in [0.3, 0.4) is 0 Å². The van der Waals surface area contributed by atoms with E-state index in [2.05, 4.69) is 28.8 Å². The average molecular weight is 223 g/mol. The Labute approximate surface area is 97.0 Å². The van der Waals surface area contributed by atoms with Crippen molar-refractivity contribution < 1.29 is 4.74 Å². The van der Waals surface area contributed by atoms with Crippen molar-refractivity contribution in [1.82, 2.24) is 14.9 Å². The minimum atomic E-state index is 0.249. The number of nitrogens with one attached hydrogen (secondary N) is 1. The van der Waals surface area contributed by atoms with Crippen LogP contribution in [0.15, 0.2) is 6.33 Å². The maximum Gasteiger partial charge on any atom is 0.0949 e. The lowest BCUT2D eigenvalue weighted by atomic mass is 9.97. The molecule has 0 bridgehead atoms. The van der Waals surface area contributed by atoms with Gasteiger partial charge >= 0.3 is 0 Å². The van der Waals surface area contributed by atoms with Crippen LogP contribution in [0.1, 0.15) is 37.2 Å². The summed E-state index contributed by atoms with van der Waals surface area (Å²) >= 11 is 0. The third-order valence-electron chi connectivity index (χ3n) is 3.33. The molecule has 1 aromatic rings. The molecular weight excluding hydrogens is 202 g/mol. The van der Waals surface area contributed by atoms with E-state index < -0.39 is 0 Å². The van der Waals surface area contributed by atoms with E-state index in [-0.39, 0.29) is 6.10 Å². The number of hydrogen-bond acceptors (Lipinski definition) is 3. The van der Waals surface area contributed by atoms with Gasteiger partial charge in [-0.1, -0.05) is 13.3 Å². The van der Waals surface area contributed by atoms with Crippen LogP contribution in [0.5, 0.6) is 0 Å². The van der Waals surface area contributed by atoms with E-state index in [1.807, 2.05) is 6.33 Å². The Morgan fingerprint density at radius 3 is 3.19 bits per heavy atom. The Morgan fingerprint density at radius 2 is 2.50 bits per heavy atom. The molecule has 0 saturated heterocycles. The molecule has 90 valence electrons. The highest BCUT2D eigenvalue weighted by Gasteiger charge is 2.30. The molecule has 4 nitrogen and oxygen atoms in total. The normalized spacial score (nSPS) is 21.8. The number of aryl methyl sites for hydroxylation is 1. The van der Waals surface area contributed by atoms with E-state index in [9.17, 15) is 0 Å². The number of methoxy groups -OCH3 is 1. The van der Waals surface area contributed by atoms with Crippen LogP contribution >= 0.6 is 0 Å². The maximum atomic E-state index is 5.61. The molecule has 2 rings (SSSR count). The predicted octanol–water partition coefficient (Wildman–Crippen LogP) is 1.42. The Bertz CT molecular complexity index is 348. The number of rotatable bonds is 4. The van der Waals surface area contributed by atoms with Crippen molar-refractivity contribution in [3.8, 4) is 0 Å². The summed E-state index contributed by atoms with van der Waals surface area (Å²) in [6.45, 7) is 3.19. The lowest BCUT2D eigenvalue weighted by molar-refractivity contribution is 0.0562. The van der Waals surface area contributed by atoms with Gasteiger partial charge in [0.15, 0.2) is 0 Å². The molecule has 0 spiro atoms. The lowest BCUT2D eigenvalue weighted by Gasteiger charge is -2.31. The van der Waals surface area contributed by atoms with Crippen LogP contribution in [0.25, 0.3) is 0 Å². The van der Waals surface area contributed by atoms with Crippen LogP contribution in [-0.4, -0.2) is 29.3 Å². The third-order valence-corrected chi connectivity index (χ3v) is 3.33. The van der Waals surface area contributed by atoms with Crippen molar-refractivity contribution in [2.45, 2.75) is 38.3 Å². The van der Waals surface area contributed by atoms with Gasteiger partial charge in [-0.25, -0.2) is 4.98 Å². The van der Waals surface area contributed by atoms with Crippen molar-refractivity contribution in [3.05, 3.63) is 17.7 Å². The van der Waals surface area contributed by atoms with E-state index in [1.54, 1.807) is 7.11 Å². The Morgan fingerprint density at radius 1 is 1.69 bits per heavy atom. The summed E-state index contributed by atoms with van der Waals surface area (Å²) < 4.78 is 7.73. The molecule has 1 aliphatic rings. The monoisotopic (exact) mass is 223 g/mol. The van der Waals surface area contributed by atoms with Gasteiger partial charge in [0.25, 0.3) is 0 Å². The molecule has 2 atom stereocenters. The maximum absolute atomic E-state index is 5.61. The van der Waals surface area contributed by atoms with Crippen molar-refractivity contribution in [3.63, 3.8) is 0 Å². The zero-order valence-electron chi connectivity index (χ0n) is 10.4. The molecule has 0 fully saturated rings. The molecule has 0 aliphatic carbocycles. The summed E-state index contributed by atoms with van der Waals surface area (Å²) in [5.74, 6) is 0. The van der Waals surface area contributed by atoms with E-state index in [4.69, 9.17) is 4.74 Å². The molecule has 0 aromatic carbocycles. The van der Waals surface area contributed by atoms with Crippen LogP contribution in [0.2, 0.25) is 0 Å². The first-order chi connectivity index (χ1) is 7.77. The molecule has 1 N–H and O–H groups in total. The van der Waals surface area contributed by atoms with Gasteiger partial charge in [0.2, 0.25) is 0 Å². The molecule has 2 heterocycles. The van der Waals surface area contributed by atoms with Crippen molar-refractivity contribution in [2.75, 3.05) is 13.7 Å². The van der Waals surface area contributed by atoms with Gasteiger partial charge in [-0.05, 0) is 6.42 Å². The topological polar surface area (TPSA) is 39.1 Å². The highest BCUT2D eigenvalue weighted by atomic mass is 16.5. The molecule has 2 unspecified atom stereocenters. The highest BCUT2D eigenvalue weighted by molar-refractivity contribution is 5.22. The quantitative estimate of drug-likeness (QED) is 0.839. The van der Waals surface area contributed by atoms with E-state index >= 15 is 0 Å². The second-order valence-electron chi connectivity index (χ2n) is 4.43. The first-order valence-corrected chi connectivity index (χ1v) is 6.04. The van der Waals surface area contributed by atoms with Gasteiger partial charge in [0.1, 0.15) is 0 Å². The highest BCUT2D eigenvalue weighted by Crippen LogP contribution is 2.27. The smallest absolute Gasteiger partial charge is 0.0949 e. The fourth-order valence-corrected chi connectivity index (χ4v) is 2.54. The summed E-state index contributed by atoms with van der Waals surface area (Å²) in [5.41, 5.74) is 2.52. The minimum Gasteiger partial charge on any atom is -0.379 e. The first kappa shape index (κ1) is 11.6. The number of ether oxygens (including phenoxy) is 1. The number of fused-ring (bicyclic) bond motifs is 1. The van der Waals surface area contributed by atoms with Crippen LogP contribution in [0.4, 0.5) is 0 Å². The Balaban J connectivity index is 2.25. The second-order valence-corrected chi connectivity index (χ2v) is 4.43.